The number of halogens is 3. The largest absolute Gasteiger partial charge is 0.416 e. The second-order valence-corrected chi connectivity index (χ2v) is 7.13. The van der Waals surface area contributed by atoms with Crippen molar-refractivity contribution in [2.75, 3.05) is 6.54 Å². The molecule has 0 spiro atoms. The van der Waals surface area contributed by atoms with Crippen molar-refractivity contribution in [2.45, 2.75) is 58.3 Å². The molecule has 0 aromatic heterocycles. The van der Waals surface area contributed by atoms with E-state index in [0.29, 0.717) is 5.92 Å². The average molecular weight is 299 g/mol. The molecule has 0 bridgehead atoms. The van der Waals surface area contributed by atoms with Crippen molar-refractivity contribution in [1.29, 1.82) is 0 Å². The molecule has 4 heteroatoms. The zero-order valence-corrected chi connectivity index (χ0v) is 13.2. The van der Waals surface area contributed by atoms with Crippen LogP contribution in [0.5, 0.6) is 0 Å². The lowest BCUT2D eigenvalue weighted by atomic mass is 9.85. The van der Waals surface area contributed by atoms with E-state index < -0.39 is 11.7 Å². The molecule has 1 saturated heterocycles. The molecule has 2 unspecified atom stereocenters. The van der Waals surface area contributed by atoms with Crippen LogP contribution in [0, 0.1) is 5.92 Å². The zero-order chi connectivity index (χ0) is 15.8. The Morgan fingerprint density at radius 3 is 2.10 bits per heavy atom. The van der Waals surface area contributed by atoms with E-state index in [9.17, 15) is 13.2 Å². The van der Waals surface area contributed by atoms with Crippen molar-refractivity contribution in [1.82, 2.24) is 4.90 Å². The third-order valence-corrected chi connectivity index (χ3v) is 4.35. The van der Waals surface area contributed by atoms with Gasteiger partial charge in [0.15, 0.2) is 0 Å². The van der Waals surface area contributed by atoms with Gasteiger partial charge in [0.05, 0.1) is 5.56 Å². The van der Waals surface area contributed by atoms with Crippen molar-refractivity contribution in [3.63, 3.8) is 0 Å². The molecule has 1 aromatic rings. The summed E-state index contributed by atoms with van der Waals surface area (Å²) >= 11 is 0. The number of benzene rings is 1. The van der Waals surface area contributed by atoms with Crippen LogP contribution in [0.4, 0.5) is 13.2 Å². The van der Waals surface area contributed by atoms with Crippen LogP contribution in [-0.2, 0) is 6.18 Å². The second-order valence-electron chi connectivity index (χ2n) is 7.13. The predicted molar refractivity (Wildman–Crippen MR) is 79.0 cm³/mol. The number of hydrogen-bond donors (Lipinski definition) is 0. The summed E-state index contributed by atoms with van der Waals surface area (Å²) in [6.07, 6.45) is -2.11. The standard InChI is InChI=1S/C17H24F3N/c1-12-9-10-21(16(2,3)4)15(11-12)13-5-7-14(8-6-13)17(18,19)20/h5-8,12,15H,9-11H2,1-4H3. The van der Waals surface area contributed by atoms with Crippen LogP contribution >= 0.6 is 0 Å². The van der Waals surface area contributed by atoms with Gasteiger partial charge in [-0.1, -0.05) is 19.1 Å². The topological polar surface area (TPSA) is 3.24 Å². The first-order valence-electron chi connectivity index (χ1n) is 7.53. The van der Waals surface area contributed by atoms with E-state index in [0.717, 1.165) is 24.9 Å². The first-order valence-corrected chi connectivity index (χ1v) is 7.53. The maximum absolute atomic E-state index is 12.7. The minimum atomic E-state index is -4.26. The number of hydrogen-bond acceptors (Lipinski definition) is 1. The molecular weight excluding hydrogens is 275 g/mol. The third kappa shape index (κ3) is 3.79. The van der Waals surface area contributed by atoms with E-state index in [4.69, 9.17) is 0 Å². The molecule has 2 rings (SSSR count). The summed E-state index contributed by atoms with van der Waals surface area (Å²) in [6.45, 7) is 9.72. The SMILES string of the molecule is CC1CCN(C(C)(C)C)C(c2ccc(C(F)(F)F)cc2)C1. The molecule has 1 aromatic carbocycles. The van der Waals surface area contributed by atoms with Crippen LogP contribution in [0.2, 0.25) is 0 Å². The van der Waals surface area contributed by atoms with Crippen molar-refractivity contribution >= 4 is 0 Å². The minimum absolute atomic E-state index is 0.0213. The quantitative estimate of drug-likeness (QED) is 0.682. The highest BCUT2D eigenvalue weighted by Gasteiger charge is 2.35. The molecule has 0 amide bonds. The molecule has 118 valence electrons. The number of likely N-dealkylation sites (tertiary alicyclic amines) is 1. The molecular formula is C17H24F3N. The lowest BCUT2D eigenvalue weighted by molar-refractivity contribution is -0.137. The van der Waals surface area contributed by atoms with Gasteiger partial charge in [0.1, 0.15) is 0 Å². The highest BCUT2D eigenvalue weighted by Crippen LogP contribution is 2.39. The summed E-state index contributed by atoms with van der Waals surface area (Å²) < 4.78 is 38.0. The van der Waals surface area contributed by atoms with Crippen LogP contribution in [0.3, 0.4) is 0 Å². The van der Waals surface area contributed by atoms with Crippen molar-refractivity contribution in [3.05, 3.63) is 35.4 Å². The van der Waals surface area contributed by atoms with Crippen molar-refractivity contribution < 1.29 is 13.2 Å². The van der Waals surface area contributed by atoms with E-state index in [2.05, 4.69) is 32.6 Å². The zero-order valence-electron chi connectivity index (χ0n) is 13.2. The Morgan fingerprint density at radius 2 is 1.62 bits per heavy atom. The van der Waals surface area contributed by atoms with Gasteiger partial charge in [-0.3, -0.25) is 4.90 Å². The molecule has 1 aliphatic rings. The van der Waals surface area contributed by atoms with Gasteiger partial charge in [-0.15, -0.1) is 0 Å². The predicted octanol–water partition coefficient (Wildman–Crippen LogP) is 5.28. The Labute approximate surface area is 125 Å². The molecule has 2 atom stereocenters. The first-order chi connectivity index (χ1) is 9.59. The number of piperidine rings is 1. The third-order valence-electron chi connectivity index (χ3n) is 4.35. The van der Waals surface area contributed by atoms with Gasteiger partial charge in [0.25, 0.3) is 0 Å². The fourth-order valence-electron chi connectivity index (χ4n) is 3.15. The number of nitrogens with zero attached hydrogens (tertiary/aromatic N) is 1. The van der Waals surface area contributed by atoms with Crippen LogP contribution in [0.25, 0.3) is 0 Å². The van der Waals surface area contributed by atoms with Crippen molar-refractivity contribution in [3.8, 4) is 0 Å². The average Bonchev–Trinajstić information content (AvgIpc) is 2.36. The van der Waals surface area contributed by atoms with Crippen LogP contribution < -0.4 is 0 Å². The normalized spacial score (nSPS) is 25.1. The fraction of sp³-hybridized carbons (Fsp3) is 0.647. The molecule has 21 heavy (non-hydrogen) atoms. The number of alkyl halides is 3. The summed E-state index contributed by atoms with van der Waals surface area (Å²) in [5.74, 6) is 0.607. The molecule has 0 radical (unpaired) electrons. The molecule has 0 N–H and O–H groups in total. The van der Waals surface area contributed by atoms with Crippen LogP contribution in [0.1, 0.15) is 57.7 Å². The Kier molecular flexibility index (Phi) is 4.39. The molecule has 1 aliphatic heterocycles. The van der Waals surface area contributed by atoms with Crippen LogP contribution in [-0.4, -0.2) is 17.0 Å². The highest BCUT2D eigenvalue weighted by atomic mass is 19.4. The van der Waals surface area contributed by atoms with E-state index in [-0.39, 0.29) is 11.6 Å². The molecule has 0 saturated carbocycles. The van der Waals surface area contributed by atoms with Crippen LogP contribution in [0.15, 0.2) is 24.3 Å². The lowest BCUT2D eigenvalue weighted by Crippen LogP contribution is -2.47. The van der Waals surface area contributed by atoms with Crippen molar-refractivity contribution in [2.24, 2.45) is 5.92 Å². The number of rotatable bonds is 1. The minimum Gasteiger partial charge on any atom is -0.291 e. The van der Waals surface area contributed by atoms with E-state index in [1.54, 1.807) is 12.1 Å². The maximum Gasteiger partial charge on any atom is 0.416 e. The van der Waals surface area contributed by atoms with Gasteiger partial charge in [-0.2, -0.15) is 13.2 Å². The first kappa shape index (κ1) is 16.3. The van der Waals surface area contributed by atoms with Gasteiger partial charge in [0, 0.05) is 11.6 Å². The van der Waals surface area contributed by atoms with Gasteiger partial charge < -0.3 is 0 Å². The summed E-state index contributed by atoms with van der Waals surface area (Å²) in [7, 11) is 0. The van der Waals surface area contributed by atoms with Gasteiger partial charge in [-0.05, 0) is 63.8 Å². The molecule has 0 aliphatic carbocycles. The smallest absolute Gasteiger partial charge is 0.291 e. The maximum atomic E-state index is 12.7. The fourth-order valence-corrected chi connectivity index (χ4v) is 3.15. The molecule has 1 nitrogen and oxygen atoms in total. The molecule has 1 heterocycles. The summed E-state index contributed by atoms with van der Waals surface area (Å²) in [6, 6.07) is 5.90. The Balaban J connectivity index is 2.28. The van der Waals surface area contributed by atoms with E-state index in [1.165, 1.54) is 12.1 Å². The van der Waals surface area contributed by atoms with Gasteiger partial charge in [0.2, 0.25) is 0 Å². The summed E-state index contributed by atoms with van der Waals surface area (Å²) in [5.41, 5.74) is 0.440. The Bertz CT molecular complexity index is 470. The Hall–Kier alpha value is -1.03. The second kappa shape index (κ2) is 5.64. The summed E-state index contributed by atoms with van der Waals surface area (Å²) in [4.78, 5) is 2.41. The van der Waals surface area contributed by atoms with Gasteiger partial charge in [-0.25, -0.2) is 0 Å². The Morgan fingerprint density at radius 1 is 1.05 bits per heavy atom. The lowest BCUT2D eigenvalue weighted by Gasteiger charge is -2.46. The van der Waals surface area contributed by atoms with E-state index >= 15 is 0 Å². The highest BCUT2D eigenvalue weighted by molar-refractivity contribution is 5.27. The summed E-state index contributed by atoms with van der Waals surface area (Å²) in [5, 5.41) is 0. The van der Waals surface area contributed by atoms with E-state index in [1.807, 2.05) is 0 Å². The monoisotopic (exact) mass is 299 g/mol. The van der Waals surface area contributed by atoms with Gasteiger partial charge >= 0.3 is 6.18 Å². The molecule has 1 fully saturated rings.